The van der Waals surface area contributed by atoms with Gasteiger partial charge in [0.25, 0.3) is 0 Å². The number of nitrogens with two attached hydrogens (primary N) is 1. The van der Waals surface area contributed by atoms with E-state index in [4.69, 9.17) is 22.1 Å². The van der Waals surface area contributed by atoms with Gasteiger partial charge in [-0.2, -0.15) is 0 Å². The summed E-state index contributed by atoms with van der Waals surface area (Å²) >= 11 is 9.08. The SMILES string of the molecule is Nc1cc(Oc2ccc(Br)cn2)c(Cl)cc1F. The average Bonchev–Trinajstić information content (AvgIpc) is 2.29. The van der Waals surface area contributed by atoms with Crippen LogP contribution in [-0.2, 0) is 0 Å². The highest BCUT2D eigenvalue weighted by Gasteiger charge is 2.08. The lowest BCUT2D eigenvalue weighted by Gasteiger charge is -2.08. The summed E-state index contributed by atoms with van der Waals surface area (Å²) in [5, 5.41) is 0.140. The maximum atomic E-state index is 13.1. The second-order valence-electron chi connectivity index (χ2n) is 3.22. The molecule has 6 heteroatoms. The molecule has 0 aliphatic heterocycles. The summed E-state index contributed by atoms with van der Waals surface area (Å²) in [6, 6.07) is 5.84. The van der Waals surface area contributed by atoms with Crippen molar-refractivity contribution >= 4 is 33.2 Å². The number of pyridine rings is 1. The Morgan fingerprint density at radius 2 is 2.12 bits per heavy atom. The first-order valence-electron chi connectivity index (χ1n) is 4.60. The van der Waals surface area contributed by atoms with Gasteiger partial charge in [0, 0.05) is 22.8 Å². The van der Waals surface area contributed by atoms with Gasteiger partial charge in [-0.05, 0) is 28.1 Å². The van der Waals surface area contributed by atoms with Crippen LogP contribution in [0.1, 0.15) is 0 Å². The zero-order valence-electron chi connectivity index (χ0n) is 8.45. The second kappa shape index (κ2) is 4.89. The van der Waals surface area contributed by atoms with E-state index in [1.807, 2.05) is 0 Å². The Kier molecular flexibility index (Phi) is 3.49. The lowest BCUT2D eigenvalue weighted by atomic mass is 10.3. The third-order valence-electron chi connectivity index (χ3n) is 1.97. The van der Waals surface area contributed by atoms with Gasteiger partial charge < -0.3 is 10.5 Å². The Morgan fingerprint density at radius 1 is 1.35 bits per heavy atom. The second-order valence-corrected chi connectivity index (χ2v) is 4.54. The molecule has 2 aromatic rings. The van der Waals surface area contributed by atoms with Crippen LogP contribution in [0.25, 0.3) is 0 Å². The predicted octanol–water partition coefficient (Wildman–Crippen LogP) is 4.01. The van der Waals surface area contributed by atoms with Gasteiger partial charge in [0.05, 0.1) is 10.7 Å². The molecule has 0 radical (unpaired) electrons. The lowest BCUT2D eigenvalue weighted by molar-refractivity contribution is 0.462. The molecule has 0 saturated heterocycles. The van der Waals surface area contributed by atoms with Gasteiger partial charge in [0.2, 0.25) is 5.88 Å². The van der Waals surface area contributed by atoms with Crippen LogP contribution in [-0.4, -0.2) is 4.98 Å². The molecule has 0 amide bonds. The molecule has 1 heterocycles. The fourth-order valence-electron chi connectivity index (χ4n) is 1.16. The van der Waals surface area contributed by atoms with Gasteiger partial charge in [-0.3, -0.25) is 0 Å². The van der Waals surface area contributed by atoms with Gasteiger partial charge >= 0.3 is 0 Å². The van der Waals surface area contributed by atoms with Crippen molar-refractivity contribution in [2.45, 2.75) is 0 Å². The summed E-state index contributed by atoms with van der Waals surface area (Å²) in [6.45, 7) is 0. The first kappa shape index (κ1) is 12.1. The number of halogens is 3. The molecule has 0 saturated carbocycles. The van der Waals surface area contributed by atoms with Crippen molar-refractivity contribution in [1.82, 2.24) is 4.98 Å². The number of aromatic nitrogens is 1. The minimum atomic E-state index is -0.578. The molecule has 0 bridgehead atoms. The molecule has 2 rings (SSSR count). The summed E-state index contributed by atoms with van der Waals surface area (Å²) in [7, 11) is 0. The minimum Gasteiger partial charge on any atom is -0.437 e. The molecule has 0 aliphatic carbocycles. The predicted molar refractivity (Wildman–Crippen MR) is 67.8 cm³/mol. The minimum absolute atomic E-state index is 0.0264. The van der Waals surface area contributed by atoms with Crippen LogP contribution in [0.5, 0.6) is 11.6 Å². The number of benzene rings is 1. The van der Waals surface area contributed by atoms with E-state index >= 15 is 0 Å². The summed E-state index contributed by atoms with van der Waals surface area (Å²) < 4.78 is 19.3. The highest BCUT2D eigenvalue weighted by Crippen LogP contribution is 2.32. The van der Waals surface area contributed by atoms with E-state index in [-0.39, 0.29) is 16.5 Å². The van der Waals surface area contributed by atoms with Crippen molar-refractivity contribution in [3.05, 3.63) is 45.8 Å². The van der Waals surface area contributed by atoms with Crippen LogP contribution < -0.4 is 10.5 Å². The van der Waals surface area contributed by atoms with Crippen LogP contribution in [0.3, 0.4) is 0 Å². The Bertz CT molecular complexity index is 548. The van der Waals surface area contributed by atoms with Gasteiger partial charge in [0.1, 0.15) is 11.6 Å². The van der Waals surface area contributed by atoms with E-state index < -0.39 is 5.82 Å². The van der Waals surface area contributed by atoms with Crippen LogP contribution in [0.15, 0.2) is 34.9 Å². The largest absolute Gasteiger partial charge is 0.437 e. The molecule has 1 aromatic carbocycles. The Hall–Kier alpha value is -1.33. The molecular formula is C11H7BrClFN2O. The summed E-state index contributed by atoms with van der Waals surface area (Å²) in [5.41, 5.74) is 5.40. The molecule has 1 aromatic heterocycles. The summed E-state index contributed by atoms with van der Waals surface area (Å²) in [6.07, 6.45) is 1.58. The highest BCUT2D eigenvalue weighted by molar-refractivity contribution is 9.10. The first-order chi connectivity index (χ1) is 8.06. The molecule has 0 atom stereocenters. The maximum Gasteiger partial charge on any atom is 0.219 e. The average molecular weight is 318 g/mol. The van der Waals surface area contributed by atoms with Crippen molar-refractivity contribution in [3.8, 4) is 11.6 Å². The first-order valence-corrected chi connectivity index (χ1v) is 5.77. The van der Waals surface area contributed by atoms with Crippen molar-refractivity contribution in [3.63, 3.8) is 0 Å². The zero-order chi connectivity index (χ0) is 12.4. The van der Waals surface area contributed by atoms with Crippen LogP contribution in [0.4, 0.5) is 10.1 Å². The number of rotatable bonds is 2. The van der Waals surface area contributed by atoms with Crippen LogP contribution in [0.2, 0.25) is 5.02 Å². The Morgan fingerprint density at radius 3 is 2.76 bits per heavy atom. The number of ether oxygens (including phenoxy) is 1. The molecule has 88 valence electrons. The fraction of sp³-hybridized carbons (Fsp3) is 0. The molecule has 0 spiro atoms. The zero-order valence-corrected chi connectivity index (χ0v) is 10.8. The molecule has 0 aliphatic rings. The number of hydrogen-bond acceptors (Lipinski definition) is 3. The molecule has 0 unspecified atom stereocenters. The number of hydrogen-bond donors (Lipinski definition) is 1. The maximum absolute atomic E-state index is 13.1. The van der Waals surface area contributed by atoms with E-state index in [0.29, 0.717) is 5.88 Å². The van der Waals surface area contributed by atoms with Crippen molar-refractivity contribution < 1.29 is 9.13 Å². The standard InChI is InChI=1S/C11H7BrClFN2O/c12-6-1-2-11(16-5-6)17-10-4-9(15)8(14)3-7(10)13/h1-5H,15H2. The topological polar surface area (TPSA) is 48.1 Å². The fourth-order valence-corrected chi connectivity index (χ4v) is 1.58. The molecular weight excluding hydrogens is 310 g/mol. The normalized spacial score (nSPS) is 10.3. The lowest BCUT2D eigenvalue weighted by Crippen LogP contribution is -1.94. The number of nitrogen functional groups attached to an aromatic ring is 1. The Labute approximate surface area is 110 Å². The molecule has 2 N–H and O–H groups in total. The van der Waals surface area contributed by atoms with Gasteiger partial charge in [-0.1, -0.05) is 11.6 Å². The smallest absolute Gasteiger partial charge is 0.219 e. The third-order valence-corrected chi connectivity index (χ3v) is 2.73. The third kappa shape index (κ3) is 2.87. The number of anilines is 1. The van der Waals surface area contributed by atoms with Crippen LogP contribution >= 0.6 is 27.5 Å². The van der Waals surface area contributed by atoms with Gasteiger partial charge in [-0.25, -0.2) is 9.37 Å². The summed E-state index contributed by atoms with van der Waals surface area (Å²) in [5.74, 6) is 0.0348. The van der Waals surface area contributed by atoms with Crippen molar-refractivity contribution in [2.75, 3.05) is 5.73 Å². The molecule has 0 fully saturated rings. The van der Waals surface area contributed by atoms with E-state index in [0.717, 1.165) is 10.5 Å². The van der Waals surface area contributed by atoms with Crippen molar-refractivity contribution in [1.29, 1.82) is 0 Å². The van der Waals surface area contributed by atoms with Gasteiger partial charge in [0.15, 0.2) is 0 Å². The molecule has 17 heavy (non-hydrogen) atoms. The van der Waals surface area contributed by atoms with Crippen LogP contribution in [0, 0.1) is 5.82 Å². The Balaban J connectivity index is 2.30. The number of nitrogens with zero attached hydrogens (tertiary/aromatic N) is 1. The quantitative estimate of drug-likeness (QED) is 0.851. The van der Waals surface area contributed by atoms with Gasteiger partial charge in [-0.15, -0.1) is 0 Å². The van der Waals surface area contributed by atoms with E-state index in [1.165, 1.54) is 6.07 Å². The van der Waals surface area contributed by atoms with E-state index in [2.05, 4.69) is 20.9 Å². The molecule has 3 nitrogen and oxygen atoms in total. The highest BCUT2D eigenvalue weighted by atomic mass is 79.9. The van der Waals surface area contributed by atoms with E-state index in [9.17, 15) is 4.39 Å². The van der Waals surface area contributed by atoms with Crippen molar-refractivity contribution in [2.24, 2.45) is 0 Å². The van der Waals surface area contributed by atoms with E-state index in [1.54, 1.807) is 18.3 Å². The summed E-state index contributed by atoms with van der Waals surface area (Å²) in [4.78, 5) is 4.00. The monoisotopic (exact) mass is 316 g/mol.